The van der Waals surface area contributed by atoms with Crippen LogP contribution in [0, 0.1) is 0 Å². The van der Waals surface area contributed by atoms with Crippen LogP contribution in [0.1, 0.15) is 45.4 Å². The maximum absolute atomic E-state index is 12.6. The minimum absolute atomic E-state index is 0.156. The molecule has 0 aliphatic carbocycles. The minimum atomic E-state index is -0.251. The minimum Gasteiger partial charge on any atom is -0.385 e. The maximum Gasteiger partial charge on any atom is 0.246 e. The van der Waals surface area contributed by atoms with E-state index < -0.39 is 0 Å². The fourth-order valence-corrected chi connectivity index (χ4v) is 3.31. The van der Waals surface area contributed by atoms with Crippen molar-refractivity contribution in [2.75, 3.05) is 26.8 Å². The zero-order valence-corrected chi connectivity index (χ0v) is 12.6. The number of nitrogens with zero attached hydrogens (tertiary/aromatic N) is 2. The van der Waals surface area contributed by atoms with Crippen molar-refractivity contribution in [1.29, 1.82) is 0 Å². The summed E-state index contributed by atoms with van der Waals surface area (Å²) >= 11 is 0. The SMILES string of the molecule is CCC1C(=O)N2CCCCC2C(=O)N1CCCCOC. The lowest BCUT2D eigenvalue weighted by atomic mass is 9.94. The Kier molecular flexibility index (Phi) is 5.40. The van der Waals surface area contributed by atoms with Gasteiger partial charge in [-0.1, -0.05) is 6.92 Å². The molecule has 2 amide bonds. The molecule has 2 aliphatic heterocycles. The van der Waals surface area contributed by atoms with E-state index in [-0.39, 0.29) is 23.9 Å². The first kappa shape index (κ1) is 15.3. The Morgan fingerprint density at radius 1 is 1.20 bits per heavy atom. The molecule has 2 unspecified atom stereocenters. The number of hydrogen-bond acceptors (Lipinski definition) is 3. The second-order valence-electron chi connectivity index (χ2n) is 5.70. The van der Waals surface area contributed by atoms with Gasteiger partial charge in [0, 0.05) is 26.8 Å². The molecule has 20 heavy (non-hydrogen) atoms. The van der Waals surface area contributed by atoms with E-state index >= 15 is 0 Å². The van der Waals surface area contributed by atoms with Gasteiger partial charge in [0.15, 0.2) is 0 Å². The summed E-state index contributed by atoms with van der Waals surface area (Å²) < 4.78 is 5.04. The molecule has 0 aromatic carbocycles. The van der Waals surface area contributed by atoms with Crippen LogP contribution in [0.5, 0.6) is 0 Å². The van der Waals surface area contributed by atoms with Gasteiger partial charge < -0.3 is 14.5 Å². The van der Waals surface area contributed by atoms with E-state index in [0.717, 1.165) is 38.6 Å². The Morgan fingerprint density at radius 3 is 2.70 bits per heavy atom. The maximum atomic E-state index is 12.6. The molecular formula is C15H26N2O3. The van der Waals surface area contributed by atoms with Crippen LogP contribution in [-0.2, 0) is 14.3 Å². The fourth-order valence-electron chi connectivity index (χ4n) is 3.31. The highest BCUT2D eigenvalue weighted by atomic mass is 16.5. The Labute approximate surface area is 121 Å². The molecule has 5 heteroatoms. The molecule has 2 fully saturated rings. The van der Waals surface area contributed by atoms with Crippen LogP contribution < -0.4 is 0 Å². The van der Waals surface area contributed by atoms with Crippen LogP contribution in [0.3, 0.4) is 0 Å². The first-order chi connectivity index (χ1) is 9.70. The van der Waals surface area contributed by atoms with Crippen molar-refractivity contribution in [3.8, 4) is 0 Å². The second-order valence-corrected chi connectivity index (χ2v) is 5.70. The number of methoxy groups -OCH3 is 1. The van der Waals surface area contributed by atoms with Gasteiger partial charge in [0.1, 0.15) is 12.1 Å². The Hall–Kier alpha value is -1.10. The van der Waals surface area contributed by atoms with Crippen LogP contribution in [0.4, 0.5) is 0 Å². The number of piperazine rings is 1. The Morgan fingerprint density at radius 2 is 2.00 bits per heavy atom. The molecule has 0 aromatic rings. The number of carbonyl (C=O) groups excluding carboxylic acids is 2. The van der Waals surface area contributed by atoms with Crippen molar-refractivity contribution in [3.05, 3.63) is 0 Å². The molecule has 0 bridgehead atoms. The summed E-state index contributed by atoms with van der Waals surface area (Å²) in [6.45, 7) is 4.13. The summed E-state index contributed by atoms with van der Waals surface area (Å²) in [6, 6.07) is -0.444. The van der Waals surface area contributed by atoms with Crippen LogP contribution >= 0.6 is 0 Å². The lowest BCUT2D eigenvalue weighted by Crippen LogP contribution is -2.65. The van der Waals surface area contributed by atoms with E-state index in [2.05, 4.69) is 0 Å². The van der Waals surface area contributed by atoms with E-state index in [1.165, 1.54) is 0 Å². The lowest BCUT2D eigenvalue weighted by molar-refractivity contribution is -0.164. The molecule has 2 rings (SSSR count). The van der Waals surface area contributed by atoms with Crippen molar-refractivity contribution >= 4 is 11.8 Å². The van der Waals surface area contributed by atoms with Crippen molar-refractivity contribution < 1.29 is 14.3 Å². The number of piperidine rings is 1. The number of hydrogen-bond donors (Lipinski definition) is 0. The second kappa shape index (κ2) is 7.07. The third-order valence-electron chi connectivity index (χ3n) is 4.40. The predicted octanol–water partition coefficient (Wildman–Crippen LogP) is 1.41. The van der Waals surface area contributed by atoms with Gasteiger partial charge in [0.05, 0.1) is 0 Å². The molecular weight excluding hydrogens is 256 g/mol. The standard InChI is InChI=1S/C15H26N2O3/c1-3-12-14(18)17-9-5-4-8-13(17)15(19)16(12)10-6-7-11-20-2/h12-13H,3-11H2,1-2H3. The smallest absolute Gasteiger partial charge is 0.246 e. The van der Waals surface area contributed by atoms with Crippen molar-refractivity contribution in [1.82, 2.24) is 9.80 Å². The van der Waals surface area contributed by atoms with Crippen LogP contribution in [0.25, 0.3) is 0 Å². The van der Waals surface area contributed by atoms with Crippen molar-refractivity contribution in [3.63, 3.8) is 0 Å². The number of fused-ring (bicyclic) bond motifs is 1. The Bertz CT molecular complexity index is 359. The van der Waals surface area contributed by atoms with Gasteiger partial charge in [-0.25, -0.2) is 0 Å². The van der Waals surface area contributed by atoms with E-state index in [4.69, 9.17) is 4.74 Å². The summed E-state index contributed by atoms with van der Waals surface area (Å²) in [4.78, 5) is 28.8. The third-order valence-corrected chi connectivity index (χ3v) is 4.40. The monoisotopic (exact) mass is 282 g/mol. The zero-order chi connectivity index (χ0) is 14.5. The first-order valence-electron chi connectivity index (χ1n) is 7.80. The molecule has 5 nitrogen and oxygen atoms in total. The normalized spacial score (nSPS) is 26.9. The van der Waals surface area contributed by atoms with Gasteiger partial charge >= 0.3 is 0 Å². The number of amides is 2. The Balaban J connectivity index is 2.04. The highest BCUT2D eigenvalue weighted by Gasteiger charge is 2.45. The molecule has 0 spiro atoms. The van der Waals surface area contributed by atoms with E-state index in [0.29, 0.717) is 19.6 Å². The summed E-state index contributed by atoms with van der Waals surface area (Å²) in [7, 11) is 1.68. The van der Waals surface area contributed by atoms with Crippen LogP contribution in [0.2, 0.25) is 0 Å². The van der Waals surface area contributed by atoms with Crippen molar-refractivity contribution in [2.24, 2.45) is 0 Å². The molecule has 114 valence electrons. The molecule has 2 aliphatic rings. The quantitative estimate of drug-likeness (QED) is 0.692. The van der Waals surface area contributed by atoms with Crippen molar-refractivity contribution in [2.45, 2.75) is 57.5 Å². The van der Waals surface area contributed by atoms with E-state index in [1.807, 2.05) is 16.7 Å². The van der Waals surface area contributed by atoms with Gasteiger partial charge in [0.25, 0.3) is 0 Å². The topological polar surface area (TPSA) is 49.9 Å². The van der Waals surface area contributed by atoms with E-state index in [9.17, 15) is 9.59 Å². The van der Waals surface area contributed by atoms with Gasteiger partial charge in [-0.15, -0.1) is 0 Å². The first-order valence-corrected chi connectivity index (χ1v) is 7.80. The molecule has 2 heterocycles. The number of carbonyl (C=O) groups is 2. The van der Waals surface area contributed by atoms with Gasteiger partial charge in [0.2, 0.25) is 11.8 Å². The van der Waals surface area contributed by atoms with E-state index in [1.54, 1.807) is 7.11 Å². The largest absolute Gasteiger partial charge is 0.385 e. The molecule has 2 atom stereocenters. The molecule has 0 saturated carbocycles. The summed E-state index contributed by atoms with van der Waals surface area (Å²) in [6.07, 6.45) is 5.44. The number of unbranched alkanes of at least 4 members (excludes halogenated alkanes) is 1. The van der Waals surface area contributed by atoms with Gasteiger partial charge in [-0.2, -0.15) is 0 Å². The van der Waals surface area contributed by atoms with Crippen LogP contribution in [-0.4, -0.2) is 60.5 Å². The summed E-state index contributed by atoms with van der Waals surface area (Å²) in [5.74, 6) is 0.317. The van der Waals surface area contributed by atoms with Gasteiger partial charge in [-0.3, -0.25) is 9.59 Å². The highest BCUT2D eigenvalue weighted by molar-refractivity contribution is 5.97. The lowest BCUT2D eigenvalue weighted by Gasteiger charge is -2.47. The molecule has 0 radical (unpaired) electrons. The predicted molar refractivity (Wildman–Crippen MR) is 76.3 cm³/mol. The van der Waals surface area contributed by atoms with Crippen LogP contribution in [0.15, 0.2) is 0 Å². The average Bonchev–Trinajstić information content (AvgIpc) is 2.48. The number of ether oxygens (including phenoxy) is 1. The highest BCUT2D eigenvalue weighted by Crippen LogP contribution is 2.27. The average molecular weight is 282 g/mol. The third kappa shape index (κ3) is 2.97. The summed E-state index contributed by atoms with van der Waals surface area (Å²) in [5, 5.41) is 0. The summed E-state index contributed by atoms with van der Waals surface area (Å²) in [5.41, 5.74) is 0. The molecule has 0 N–H and O–H groups in total. The zero-order valence-electron chi connectivity index (χ0n) is 12.6. The number of rotatable bonds is 6. The fraction of sp³-hybridized carbons (Fsp3) is 0.867. The molecule has 2 saturated heterocycles. The van der Waals surface area contributed by atoms with Gasteiger partial charge in [-0.05, 0) is 38.5 Å². The molecule has 0 aromatic heterocycles.